The highest BCUT2D eigenvalue weighted by atomic mass is 16.5. The minimum absolute atomic E-state index is 0.459. The Morgan fingerprint density at radius 1 is 0.935 bits per heavy atom. The number of benzene rings is 1. The van der Waals surface area contributed by atoms with Crippen LogP contribution in [0.2, 0.25) is 0 Å². The Bertz CT molecular complexity index is 983. The number of nitrogens with two attached hydrogens (primary N) is 1. The fraction of sp³-hybridized carbons (Fsp3) is 0.292. The molecule has 0 spiro atoms. The fourth-order valence-electron chi connectivity index (χ4n) is 3.66. The Kier molecular flexibility index (Phi) is 7.56. The third-order valence-electron chi connectivity index (χ3n) is 5.42. The van der Waals surface area contributed by atoms with Gasteiger partial charge in [-0.15, -0.1) is 0 Å². The molecule has 0 radical (unpaired) electrons. The largest absolute Gasteiger partial charge is 0.497 e. The van der Waals surface area contributed by atoms with E-state index in [1.807, 2.05) is 36.4 Å². The number of rotatable bonds is 11. The lowest BCUT2D eigenvalue weighted by molar-refractivity contribution is -0.125. The zero-order valence-corrected chi connectivity index (χ0v) is 17.9. The Labute approximate surface area is 182 Å². The normalized spacial score (nSPS) is 12.7. The van der Waals surface area contributed by atoms with Crippen molar-refractivity contribution in [3.8, 4) is 11.5 Å². The number of pyridine rings is 2. The van der Waals surface area contributed by atoms with Crippen LogP contribution in [-0.2, 0) is 23.2 Å². The Morgan fingerprint density at radius 2 is 1.55 bits per heavy atom. The van der Waals surface area contributed by atoms with Crippen molar-refractivity contribution in [3.05, 3.63) is 83.9 Å². The number of carbonyl (C=O) groups is 1. The van der Waals surface area contributed by atoms with Crippen LogP contribution in [0.15, 0.2) is 67.3 Å². The maximum Gasteiger partial charge on any atom is 0.242 e. The van der Waals surface area contributed by atoms with Gasteiger partial charge in [0, 0.05) is 43.0 Å². The van der Waals surface area contributed by atoms with Crippen LogP contribution >= 0.6 is 0 Å². The summed E-state index contributed by atoms with van der Waals surface area (Å²) in [6.45, 7) is 0.554. The van der Waals surface area contributed by atoms with Crippen molar-refractivity contribution in [3.63, 3.8) is 0 Å². The number of amides is 1. The number of aryl methyl sites for hydroxylation is 1. The number of methoxy groups -OCH3 is 2. The van der Waals surface area contributed by atoms with Crippen LogP contribution in [0.5, 0.6) is 11.5 Å². The van der Waals surface area contributed by atoms with E-state index in [0.29, 0.717) is 36.4 Å². The van der Waals surface area contributed by atoms with E-state index in [-0.39, 0.29) is 0 Å². The second-order valence-corrected chi connectivity index (χ2v) is 7.22. The minimum Gasteiger partial charge on any atom is -0.497 e. The van der Waals surface area contributed by atoms with E-state index in [1.54, 1.807) is 45.1 Å². The van der Waals surface area contributed by atoms with E-state index in [2.05, 4.69) is 15.3 Å². The molecule has 1 aromatic carbocycles. The van der Waals surface area contributed by atoms with E-state index in [4.69, 9.17) is 15.2 Å². The van der Waals surface area contributed by atoms with Crippen molar-refractivity contribution < 1.29 is 14.3 Å². The highest BCUT2D eigenvalue weighted by Gasteiger charge is 2.40. The molecule has 3 rings (SSSR count). The predicted octanol–water partition coefficient (Wildman–Crippen LogP) is 2.64. The van der Waals surface area contributed by atoms with Crippen LogP contribution < -0.4 is 20.5 Å². The maximum atomic E-state index is 13.0. The monoisotopic (exact) mass is 420 g/mol. The molecule has 1 atom stereocenters. The minimum atomic E-state index is -1.12. The first-order valence-electron chi connectivity index (χ1n) is 10.1. The van der Waals surface area contributed by atoms with E-state index < -0.39 is 11.4 Å². The summed E-state index contributed by atoms with van der Waals surface area (Å²) in [5, 5.41) is 3.45. The van der Waals surface area contributed by atoms with Gasteiger partial charge in [-0.05, 0) is 66.8 Å². The van der Waals surface area contributed by atoms with Crippen LogP contribution in [0.4, 0.5) is 0 Å². The predicted molar refractivity (Wildman–Crippen MR) is 119 cm³/mol. The van der Waals surface area contributed by atoms with Crippen molar-refractivity contribution in [1.29, 1.82) is 0 Å². The van der Waals surface area contributed by atoms with Crippen LogP contribution in [-0.4, -0.2) is 36.6 Å². The zero-order chi connectivity index (χ0) is 22.1. The molecule has 3 N–H and O–H groups in total. The second kappa shape index (κ2) is 10.5. The Morgan fingerprint density at radius 3 is 2.10 bits per heavy atom. The zero-order valence-electron chi connectivity index (χ0n) is 17.9. The summed E-state index contributed by atoms with van der Waals surface area (Å²) >= 11 is 0. The van der Waals surface area contributed by atoms with Gasteiger partial charge in [0.2, 0.25) is 5.91 Å². The van der Waals surface area contributed by atoms with Crippen molar-refractivity contribution in [2.24, 2.45) is 5.73 Å². The summed E-state index contributed by atoms with van der Waals surface area (Å²) in [5.41, 5.74) is 7.80. The summed E-state index contributed by atoms with van der Waals surface area (Å²) in [6.07, 6.45) is 8.83. The highest BCUT2D eigenvalue weighted by molar-refractivity contribution is 5.87. The lowest BCUT2D eigenvalue weighted by atomic mass is 9.82. The molecule has 31 heavy (non-hydrogen) atoms. The van der Waals surface area contributed by atoms with Crippen LogP contribution in [0.3, 0.4) is 0 Å². The topological polar surface area (TPSA) is 99.4 Å². The van der Waals surface area contributed by atoms with Crippen molar-refractivity contribution >= 4 is 5.91 Å². The van der Waals surface area contributed by atoms with Gasteiger partial charge in [0.1, 0.15) is 17.0 Å². The first-order chi connectivity index (χ1) is 15.1. The van der Waals surface area contributed by atoms with E-state index >= 15 is 0 Å². The number of hydrogen-bond donors (Lipinski definition) is 2. The van der Waals surface area contributed by atoms with Crippen molar-refractivity contribution in [2.75, 3.05) is 20.8 Å². The molecule has 1 unspecified atom stereocenters. The average molecular weight is 421 g/mol. The summed E-state index contributed by atoms with van der Waals surface area (Å²) in [7, 11) is 3.16. The second-order valence-electron chi connectivity index (χ2n) is 7.22. The van der Waals surface area contributed by atoms with Crippen molar-refractivity contribution in [1.82, 2.24) is 15.3 Å². The molecule has 0 aliphatic heterocycles. The summed E-state index contributed by atoms with van der Waals surface area (Å²) in [5.74, 6) is 0.730. The molecule has 3 aromatic rings. The number of ether oxygens (including phenoxy) is 2. The Hall–Kier alpha value is -3.45. The van der Waals surface area contributed by atoms with Gasteiger partial charge in [-0.1, -0.05) is 0 Å². The quantitative estimate of drug-likeness (QED) is 0.495. The molecule has 162 valence electrons. The molecule has 0 aliphatic carbocycles. The molecule has 0 saturated carbocycles. The van der Waals surface area contributed by atoms with Crippen LogP contribution in [0, 0.1) is 0 Å². The number of carbonyl (C=O) groups excluding carboxylic acids is 1. The van der Waals surface area contributed by atoms with Crippen LogP contribution in [0.1, 0.15) is 23.1 Å². The molecule has 0 bridgehead atoms. The third-order valence-corrected chi connectivity index (χ3v) is 5.42. The average Bonchev–Trinajstić information content (AvgIpc) is 2.82. The smallest absolute Gasteiger partial charge is 0.242 e. The molecule has 0 saturated heterocycles. The first-order valence-corrected chi connectivity index (χ1v) is 10.1. The lowest BCUT2D eigenvalue weighted by Gasteiger charge is -2.34. The van der Waals surface area contributed by atoms with Gasteiger partial charge < -0.3 is 15.2 Å². The van der Waals surface area contributed by atoms with Gasteiger partial charge in [-0.3, -0.25) is 20.1 Å². The SMILES string of the molecule is COc1ccc(C(CCc2ccncc2)(NCCc2ccncc2)C(N)=O)c(OC)c1. The van der Waals surface area contributed by atoms with Crippen LogP contribution in [0.25, 0.3) is 0 Å². The molecule has 7 heteroatoms. The fourth-order valence-corrected chi connectivity index (χ4v) is 3.66. The number of nitrogens with zero attached hydrogens (tertiary/aromatic N) is 2. The first kappa shape index (κ1) is 22.2. The number of nitrogens with one attached hydrogen (secondary N) is 1. The molecule has 2 aromatic heterocycles. The number of primary amides is 1. The number of aromatic nitrogens is 2. The standard InChI is InChI=1S/C24H28N4O3/c1-30-20-3-4-21(22(17-20)31-2)24(23(25)29,11-5-18-6-12-26-13-7-18)28-16-10-19-8-14-27-15-9-19/h3-4,6-9,12-15,17,28H,5,10-11,16H2,1-2H3,(H2,25,29). The Balaban J connectivity index is 1.94. The molecule has 1 amide bonds. The summed E-state index contributed by atoms with van der Waals surface area (Å²) < 4.78 is 10.9. The van der Waals surface area contributed by atoms with Crippen molar-refractivity contribution in [2.45, 2.75) is 24.8 Å². The van der Waals surface area contributed by atoms with Gasteiger partial charge in [0.15, 0.2) is 0 Å². The van der Waals surface area contributed by atoms with Gasteiger partial charge in [-0.25, -0.2) is 0 Å². The molecule has 0 aliphatic rings. The molecule has 0 fully saturated rings. The number of hydrogen-bond acceptors (Lipinski definition) is 6. The van der Waals surface area contributed by atoms with Gasteiger partial charge in [-0.2, -0.15) is 0 Å². The van der Waals surface area contributed by atoms with E-state index in [9.17, 15) is 4.79 Å². The molecule has 2 heterocycles. The summed E-state index contributed by atoms with van der Waals surface area (Å²) in [4.78, 5) is 21.1. The highest BCUT2D eigenvalue weighted by Crippen LogP contribution is 2.36. The molecular weight excluding hydrogens is 392 g/mol. The molecular formula is C24H28N4O3. The summed E-state index contributed by atoms with van der Waals surface area (Å²) in [6, 6.07) is 13.2. The third kappa shape index (κ3) is 5.38. The maximum absolute atomic E-state index is 13.0. The lowest BCUT2D eigenvalue weighted by Crippen LogP contribution is -2.53. The van der Waals surface area contributed by atoms with Gasteiger partial charge in [0.25, 0.3) is 0 Å². The van der Waals surface area contributed by atoms with E-state index in [0.717, 1.165) is 17.5 Å². The molecule has 7 nitrogen and oxygen atoms in total. The van der Waals surface area contributed by atoms with E-state index in [1.165, 1.54) is 0 Å². The van der Waals surface area contributed by atoms with Gasteiger partial charge in [0.05, 0.1) is 14.2 Å². The van der Waals surface area contributed by atoms with Gasteiger partial charge >= 0.3 is 0 Å².